The van der Waals surface area contributed by atoms with E-state index in [1.807, 2.05) is 19.4 Å². The first-order valence-corrected chi connectivity index (χ1v) is 6.71. The molecule has 0 fully saturated rings. The summed E-state index contributed by atoms with van der Waals surface area (Å²) in [7, 11) is 1.97. The second kappa shape index (κ2) is 6.43. The Balaban J connectivity index is 2.28. The average molecular weight is 255 g/mol. The molecule has 2 rings (SSSR count). The number of rotatable bonds is 5. The summed E-state index contributed by atoms with van der Waals surface area (Å²) >= 11 is 0. The van der Waals surface area contributed by atoms with Gasteiger partial charge in [-0.25, -0.2) is 9.97 Å². The molecule has 1 atom stereocenters. The summed E-state index contributed by atoms with van der Waals surface area (Å²) in [4.78, 5) is 8.20. The van der Waals surface area contributed by atoms with Gasteiger partial charge in [0, 0.05) is 18.0 Å². The lowest BCUT2D eigenvalue weighted by molar-refractivity contribution is 0.642. The van der Waals surface area contributed by atoms with Gasteiger partial charge in [0.1, 0.15) is 6.33 Å². The van der Waals surface area contributed by atoms with Crippen molar-refractivity contribution in [3.63, 3.8) is 0 Å². The van der Waals surface area contributed by atoms with E-state index in [-0.39, 0.29) is 6.04 Å². The molecule has 2 aromatic rings. The quantitative estimate of drug-likeness (QED) is 0.892. The van der Waals surface area contributed by atoms with Gasteiger partial charge in [-0.15, -0.1) is 0 Å². The molecular formula is C16H21N3. The normalized spacial score (nSPS) is 12.6. The Morgan fingerprint density at radius 3 is 2.47 bits per heavy atom. The van der Waals surface area contributed by atoms with Crippen LogP contribution in [0.5, 0.6) is 0 Å². The smallest absolute Gasteiger partial charge is 0.115 e. The standard InChI is InChI=1S/C16H21N3/c1-12(2)7-13-5-4-6-14(8-13)16(17-3)15-9-18-11-19-10-15/h4-6,8-12,16-17H,7H2,1-3H3. The Hall–Kier alpha value is -1.74. The molecule has 0 amide bonds. The van der Waals surface area contributed by atoms with Crippen LogP contribution in [-0.4, -0.2) is 17.0 Å². The molecule has 0 aliphatic heterocycles. The third-order valence-electron chi connectivity index (χ3n) is 3.13. The topological polar surface area (TPSA) is 37.8 Å². The highest BCUT2D eigenvalue weighted by Crippen LogP contribution is 2.22. The maximum absolute atomic E-state index is 4.10. The molecule has 0 spiro atoms. The maximum atomic E-state index is 4.10. The summed E-state index contributed by atoms with van der Waals surface area (Å²) < 4.78 is 0. The van der Waals surface area contributed by atoms with Gasteiger partial charge in [0.2, 0.25) is 0 Å². The van der Waals surface area contributed by atoms with Crippen LogP contribution < -0.4 is 5.32 Å². The lowest BCUT2D eigenvalue weighted by atomic mass is 9.96. The molecular weight excluding hydrogens is 234 g/mol. The predicted octanol–water partition coefficient (Wildman–Crippen LogP) is 2.98. The fraction of sp³-hybridized carbons (Fsp3) is 0.375. The van der Waals surface area contributed by atoms with Crippen LogP contribution in [0.4, 0.5) is 0 Å². The highest BCUT2D eigenvalue weighted by atomic mass is 14.9. The molecule has 0 radical (unpaired) electrons. The summed E-state index contributed by atoms with van der Waals surface area (Å²) in [6.07, 6.45) is 6.40. The first-order chi connectivity index (χ1) is 9.20. The zero-order valence-corrected chi connectivity index (χ0v) is 11.8. The van der Waals surface area contributed by atoms with Crippen LogP contribution in [0.15, 0.2) is 43.0 Å². The zero-order chi connectivity index (χ0) is 13.7. The van der Waals surface area contributed by atoms with Gasteiger partial charge in [0.15, 0.2) is 0 Å². The molecule has 0 bridgehead atoms. The van der Waals surface area contributed by atoms with Gasteiger partial charge in [0.05, 0.1) is 6.04 Å². The van der Waals surface area contributed by atoms with Crippen LogP contribution in [0.1, 0.15) is 36.6 Å². The summed E-state index contributed by atoms with van der Waals surface area (Å²) in [5, 5.41) is 3.34. The predicted molar refractivity (Wildman–Crippen MR) is 77.9 cm³/mol. The second-order valence-corrected chi connectivity index (χ2v) is 5.24. The lowest BCUT2D eigenvalue weighted by Gasteiger charge is -2.17. The second-order valence-electron chi connectivity index (χ2n) is 5.24. The van der Waals surface area contributed by atoms with Crippen molar-refractivity contribution in [2.45, 2.75) is 26.3 Å². The average Bonchev–Trinajstić information content (AvgIpc) is 2.40. The molecule has 1 aromatic heterocycles. The molecule has 19 heavy (non-hydrogen) atoms. The van der Waals surface area contributed by atoms with Crippen molar-refractivity contribution in [2.75, 3.05) is 7.05 Å². The summed E-state index contributed by atoms with van der Waals surface area (Å²) in [6, 6.07) is 8.89. The number of hydrogen-bond acceptors (Lipinski definition) is 3. The van der Waals surface area contributed by atoms with Crippen molar-refractivity contribution >= 4 is 0 Å². The van der Waals surface area contributed by atoms with Crippen molar-refractivity contribution in [2.24, 2.45) is 5.92 Å². The van der Waals surface area contributed by atoms with E-state index in [1.54, 1.807) is 6.33 Å². The monoisotopic (exact) mass is 255 g/mol. The molecule has 3 heteroatoms. The van der Waals surface area contributed by atoms with E-state index in [9.17, 15) is 0 Å². The van der Waals surface area contributed by atoms with Crippen molar-refractivity contribution in [3.8, 4) is 0 Å². The number of benzene rings is 1. The minimum atomic E-state index is 0.147. The van der Waals surface area contributed by atoms with Gasteiger partial charge in [0.25, 0.3) is 0 Å². The molecule has 1 N–H and O–H groups in total. The SMILES string of the molecule is CNC(c1cncnc1)c1cccc(CC(C)C)c1. The van der Waals surface area contributed by atoms with Crippen molar-refractivity contribution in [1.82, 2.24) is 15.3 Å². The van der Waals surface area contributed by atoms with Gasteiger partial charge in [-0.1, -0.05) is 38.1 Å². The Kier molecular flexibility index (Phi) is 4.63. The molecule has 1 unspecified atom stereocenters. The Morgan fingerprint density at radius 1 is 1.11 bits per heavy atom. The molecule has 1 heterocycles. The van der Waals surface area contributed by atoms with E-state index in [0.29, 0.717) is 5.92 Å². The van der Waals surface area contributed by atoms with Crippen LogP contribution >= 0.6 is 0 Å². The fourth-order valence-electron chi connectivity index (χ4n) is 2.36. The van der Waals surface area contributed by atoms with Crippen LogP contribution in [-0.2, 0) is 6.42 Å². The van der Waals surface area contributed by atoms with E-state index in [2.05, 4.69) is 53.4 Å². The highest BCUT2D eigenvalue weighted by Gasteiger charge is 2.12. The van der Waals surface area contributed by atoms with Crippen LogP contribution in [0.2, 0.25) is 0 Å². The van der Waals surface area contributed by atoms with Gasteiger partial charge < -0.3 is 5.32 Å². The Bertz CT molecular complexity index is 508. The van der Waals surface area contributed by atoms with Crippen LogP contribution in [0, 0.1) is 5.92 Å². The van der Waals surface area contributed by atoms with E-state index in [1.165, 1.54) is 11.1 Å². The minimum absolute atomic E-state index is 0.147. The minimum Gasteiger partial charge on any atom is -0.309 e. The van der Waals surface area contributed by atoms with E-state index in [4.69, 9.17) is 0 Å². The third kappa shape index (κ3) is 3.61. The van der Waals surface area contributed by atoms with Crippen molar-refractivity contribution < 1.29 is 0 Å². The zero-order valence-electron chi connectivity index (χ0n) is 11.8. The molecule has 0 aliphatic carbocycles. The van der Waals surface area contributed by atoms with E-state index < -0.39 is 0 Å². The van der Waals surface area contributed by atoms with Gasteiger partial charge in [-0.2, -0.15) is 0 Å². The molecule has 3 nitrogen and oxygen atoms in total. The highest BCUT2D eigenvalue weighted by molar-refractivity contribution is 5.32. The Labute approximate surface area is 115 Å². The number of nitrogens with zero attached hydrogens (tertiary/aromatic N) is 2. The first kappa shape index (κ1) is 13.7. The van der Waals surface area contributed by atoms with Crippen LogP contribution in [0.3, 0.4) is 0 Å². The lowest BCUT2D eigenvalue weighted by Crippen LogP contribution is -2.18. The molecule has 0 aliphatic rings. The van der Waals surface area contributed by atoms with Gasteiger partial charge >= 0.3 is 0 Å². The van der Waals surface area contributed by atoms with Crippen LogP contribution in [0.25, 0.3) is 0 Å². The number of aromatic nitrogens is 2. The molecule has 0 saturated carbocycles. The van der Waals surface area contributed by atoms with Crippen molar-refractivity contribution in [3.05, 3.63) is 59.7 Å². The number of nitrogens with one attached hydrogen (secondary N) is 1. The third-order valence-corrected chi connectivity index (χ3v) is 3.13. The van der Waals surface area contributed by atoms with E-state index in [0.717, 1.165) is 12.0 Å². The summed E-state index contributed by atoms with van der Waals surface area (Å²) in [5.41, 5.74) is 3.73. The van der Waals surface area contributed by atoms with Gasteiger partial charge in [-0.05, 0) is 30.5 Å². The number of hydrogen-bond donors (Lipinski definition) is 1. The maximum Gasteiger partial charge on any atom is 0.115 e. The summed E-state index contributed by atoms with van der Waals surface area (Å²) in [5.74, 6) is 0.670. The molecule has 100 valence electrons. The molecule has 1 aromatic carbocycles. The first-order valence-electron chi connectivity index (χ1n) is 6.71. The Morgan fingerprint density at radius 2 is 1.84 bits per heavy atom. The van der Waals surface area contributed by atoms with Crippen molar-refractivity contribution in [1.29, 1.82) is 0 Å². The van der Waals surface area contributed by atoms with E-state index >= 15 is 0 Å². The van der Waals surface area contributed by atoms with Gasteiger partial charge in [-0.3, -0.25) is 0 Å². The summed E-state index contributed by atoms with van der Waals surface area (Å²) in [6.45, 7) is 4.49. The molecule has 0 saturated heterocycles. The largest absolute Gasteiger partial charge is 0.309 e. The fourth-order valence-corrected chi connectivity index (χ4v) is 2.36.